The summed E-state index contributed by atoms with van der Waals surface area (Å²) in [6, 6.07) is 15.2. The van der Waals surface area contributed by atoms with Gasteiger partial charge in [-0.3, -0.25) is 4.79 Å². The smallest absolute Gasteiger partial charge is 0.248 e. The number of carbonyl (C=O) groups is 1. The maximum atomic E-state index is 11.3. The monoisotopic (exact) mass is 333 g/mol. The number of likely N-dealkylation sites (N-methyl/N-ethyl adjacent to an activating group) is 1. The van der Waals surface area contributed by atoms with Gasteiger partial charge in [0.15, 0.2) is 0 Å². The van der Waals surface area contributed by atoms with Crippen molar-refractivity contribution in [1.29, 1.82) is 0 Å². The predicted octanol–water partition coefficient (Wildman–Crippen LogP) is 2.38. The molecule has 1 unspecified atom stereocenters. The fourth-order valence-electron chi connectivity index (χ4n) is 3.32. The van der Waals surface area contributed by atoms with Crippen molar-refractivity contribution in [1.82, 2.24) is 10.4 Å². The zero-order valence-corrected chi connectivity index (χ0v) is 14.1. The third-order valence-electron chi connectivity index (χ3n) is 4.53. The summed E-state index contributed by atoms with van der Waals surface area (Å²) >= 11 is 0. The summed E-state index contributed by atoms with van der Waals surface area (Å²) in [6.45, 7) is 2.05. The maximum absolute atomic E-state index is 11.3. The molecule has 2 aliphatic heterocycles. The second-order valence-corrected chi connectivity index (χ2v) is 6.23. The molecule has 1 amide bonds. The normalized spacial score (nSPS) is 20.7. The lowest BCUT2D eigenvalue weighted by molar-refractivity contribution is 0.100. The number of nitrogens with zero attached hydrogens (tertiary/aromatic N) is 2. The predicted molar refractivity (Wildman–Crippen MR) is 98.6 cm³/mol. The van der Waals surface area contributed by atoms with Gasteiger partial charge in [-0.15, -0.1) is 0 Å². The first-order valence-electron chi connectivity index (χ1n) is 8.10. The van der Waals surface area contributed by atoms with E-state index in [1.807, 2.05) is 43.2 Å². The van der Waals surface area contributed by atoms with Gasteiger partial charge in [-0.25, -0.2) is 10.0 Å². The van der Waals surface area contributed by atoms with Crippen LogP contribution >= 0.6 is 0 Å². The maximum Gasteiger partial charge on any atom is 0.248 e. The van der Waals surface area contributed by atoms with E-state index in [0.717, 1.165) is 33.9 Å². The Balaban J connectivity index is 1.85. The number of anilines is 1. The molecule has 2 aromatic rings. The van der Waals surface area contributed by atoms with Gasteiger partial charge < -0.3 is 16.5 Å². The lowest BCUT2D eigenvalue weighted by atomic mass is 9.93. The Morgan fingerprint density at radius 2 is 1.88 bits per heavy atom. The van der Waals surface area contributed by atoms with Crippen molar-refractivity contribution in [2.45, 2.75) is 13.1 Å². The first-order valence-corrected chi connectivity index (χ1v) is 8.10. The topological polar surface area (TPSA) is 82.7 Å². The lowest BCUT2D eigenvalue weighted by Gasteiger charge is -2.31. The van der Waals surface area contributed by atoms with Gasteiger partial charge in [0.05, 0.1) is 11.4 Å². The number of aliphatic imine (C=N–C) groups is 1. The molecule has 25 heavy (non-hydrogen) atoms. The highest BCUT2D eigenvalue weighted by Gasteiger charge is 2.36. The highest BCUT2D eigenvalue weighted by molar-refractivity contribution is 6.19. The number of primary amides is 1. The van der Waals surface area contributed by atoms with Crippen LogP contribution in [0.4, 0.5) is 11.4 Å². The number of nitrogens with two attached hydrogens (primary N) is 1. The molecule has 0 spiro atoms. The van der Waals surface area contributed by atoms with E-state index in [1.54, 1.807) is 12.1 Å². The standard InChI is InChI=1S/C19H19N5O/c1-11-16-17(21-13-9-7-12(8-10-13)18(20)25)14-5-3-4-6-15(14)22-19(16)24(2)23-11/h3-10,19,22-23H,1-2H3,(H2,20,25). The van der Waals surface area contributed by atoms with Gasteiger partial charge in [-0.05, 0) is 37.3 Å². The molecule has 0 aliphatic carbocycles. The van der Waals surface area contributed by atoms with Crippen LogP contribution in [0.2, 0.25) is 0 Å². The minimum atomic E-state index is -0.438. The van der Waals surface area contributed by atoms with E-state index in [4.69, 9.17) is 10.7 Å². The molecule has 126 valence electrons. The van der Waals surface area contributed by atoms with Gasteiger partial charge in [0.25, 0.3) is 0 Å². The molecule has 0 fully saturated rings. The minimum absolute atomic E-state index is 0.0264. The van der Waals surface area contributed by atoms with Crippen LogP contribution in [0.5, 0.6) is 0 Å². The van der Waals surface area contributed by atoms with E-state index in [2.05, 4.69) is 22.9 Å². The number of hydrogen-bond acceptors (Lipinski definition) is 5. The summed E-state index contributed by atoms with van der Waals surface area (Å²) < 4.78 is 0. The van der Waals surface area contributed by atoms with Crippen molar-refractivity contribution in [2.24, 2.45) is 10.7 Å². The van der Waals surface area contributed by atoms with E-state index < -0.39 is 5.91 Å². The van der Waals surface area contributed by atoms with Crippen molar-refractivity contribution >= 4 is 23.0 Å². The van der Waals surface area contributed by atoms with E-state index in [-0.39, 0.29) is 6.17 Å². The molecule has 4 rings (SSSR count). The molecule has 0 radical (unpaired) electrons. The van der Waals surface area contributed by atoms with Crippen LogP contribution in [0.15, 0.2) is 64.8 Å². The van der Waals surface area contributed by atoms with Gasteiger partial charge in [-0.2, -0.15) is 0 Å². The van der Waals surface area contributed by atoms with Gasteiger partial charge in [0.2, 0.25) is 5.91 Å². The zero-order chi connectivity index (χ0) is 17.6. The van der Waals surface area contributed by atoms with Crippen molar-refractivity contribution in [3.8, 4) is 0 Å². The number of para-hydroxylation sites is 1. The zero-order valence-electron chi connectivity index (χ0n) is 14.1. The molecule has 1 atom stereocenters. The Labute approximate surface area is 146 Å². The Hall–Kier alpha value is -3.12. The van der Waals surface area contributed by atoms with E-state index in [9.17, 15) is 4.79 Å². The second-order valence-electron chi connectivity index (χ2n) is 6.23. The Morgan fingerprint density at radius 1 is 1.16 bits per heavy atom. The number of nitrogens with one attached hydrogen (secondary N) is 2. The van der Waals surface area contributed by atoms with Crippen LogP contribution in [-0.4, -0.2) is 29.8 Å². The average Bonchev–Trinajstić information content (AvgIpc) is 2.89. The Morgan fingerprint density at radius 3 is 2.60 bits per heavy atom. The van der Waals surface area contributed by atoms with Crippen molar-refractivity contribution in [2.75, 3.05) is 12.4 Å². The quantitative estimate of drug-likeness (QED) is 0.788. The van der Waals surface area contributed by atoms with Crippen LogP contribution in [-0.2, 0) is 0 Å². The average molecular weight is 333 g/mol. The summed E-state index contributed by atoms with van der Waals surface area (Å²) in [5, 5.41) is 5.58. The van der Waals surface area contributed by atoms with Crippen molar-refractivity contribution in [3.63, 3.8) is 0 Å². The first kappa shape index (κ1) is 15.4. The number of amides is 1. The lowest BCUT2D eigenvalue weighted by Crippen LogP contribution is -2.43. The molecule has 0 saturated heterocycles. The molecule has 6 nitrogen and oxygen atoms in total. The van der Waals surface area contributed by atoms with Gasteiger partial charge in [0.1, 0.15) is 6.17 Å². The summed E-state index contributed by atoms with van der Waals surface area (Å²) in [4.78, 5) is 16.1. The molecule has 0 saturated carbocycles. The fraction of sp³-hybridized carbons (Fsp3) is 0.158. The number of rotatable bonds is 2. The molecule has 2 aromatic carbocycles. The minimum Gasteiger partial charge on any atom is -0.366 e. The molecule has 0 aromatic heterocycles. The Bertz CT molecular complexity index is 914. The third-order valence-corrected chi connectivity index (χ3v) is 4.53. The van der Waals surface area contributed by atoms with Crippen LogP contribution in [0.3, 0.4) is 0 Å². The fourth-order valence-corrected chi connectivity index (χ4v) is 3.32. The summed E-state index contributed by atoms with van der Waals surface area (Å²) in [5.41, 5.74) is 15.1. The summed E-state index contributed by atoms with van der Waals surface area (Å²) in [5.74, 6) is -0.438. The van der Waals surface area contributed by atoms with E-state index in [1.165, 1.54) is 0 Å². The number of hydrogen-bond donors (Lipinski definition) is 3. The largest absolute Gasteiger partial charge is 0.366 e. The van der Waals surface area contributed by atoms with Crippen LogP contribution in [0, 0.1) is 0 Å². The highest BCUT2D eigenvalue weighted by Crippen LogP contribution is 2.34. The number of benzene rings is 2. The molecule has 4 N–H and O–H groups in total. The number of carbonyl (C=O) groups excluding carboxylic acids is 1. The van der Waals surface area contributed by atoms with Crippen molar-refractivity contribution < 1.29 is 4.79 Å². The summed E-state index contributed by atoms with van der Waals surface area (Å²) in [7, 11) is 2.00. The van der Waals surface area contributed by atoms with E-state index >= 15 is 0 Å². The number of allylic oxidation sites excluding steroid dienone is 1. The molecule has 6 heteroatoms. The SMILES string of the molecule is CC1=C2C(=Nc3ccc(C(N)=O)cc3)c3ccccc3NC2N(C)N1. The van der Waals surface area contributed by atoms with Gasteiger partial charge in [-0.1, -0.05) is 18.2 Å². The third kappa shape index (κ3) is 2.56. The van der Waals surface area contributed by atoms with Crippen LogP contribution < -0.4 is 16.5 Å². The summed E-state index contributed by atoms with van der Waals surface area (Å²) in [6.07, 6.45) is 0.0264. The molecule has 2 heterocycles. The molecule has 2 aliphatic rings. The molecular weight excluding hydrogens is 314 g/mol. The second kappa shape index (κ2) is 5.75. The highest BCUT2D eigenvalue weighted by atomic mass is 16.1. The van der Waals surface area contributed by atoms with Crippen molar-refractivity contribution in [3.05, 3.63) is 70.9 Å². The number of fused-ring (bicyclic) bond motifs is 2. The van der Waals surface area contributed by atoms with E-state index in [0.29, 0.717) is 5.56 Å². The Kier molecular flexibility index (Phi) is 3.54. The van der Waals surface area contributed by atoms with Crippen LogP contribution in [0.25, 0.3) is 0 Å². The van der Waals surface area contributed by atoms with Gasteiger partial charge >= 0.3 is 0 Å². The molecule has 0 bridgehead atoms. The number of hydrazine groups is 1. The first-order chi connectivity index (χ1) is 12.0. The van der Waals surface area contributed by atoms with Crippen LogP contribution in [0.1, 0.15) is 22.8 Å². The van der Waals surface area contributed by atoms with Gasteiger partial charge in [0, 0.05) is 35.1 Å². The molecular formula is C19H19N5O.